The van der Waals surface area contributed by atoms with E-state index in [1.54, 1.807) is 12.1 Å². The molecule has 0 aliphatic rings. The van der Waals surface area contributed by atoms with Crippen LogP contribution in [-0.2, 0) is 0 Å². The molecule has 4 nitrogen and oxygen atoms in total. The quantitative estimate of drug-likeness (QED) is 0.377. The van der Waals surface area contributed by atoms with Gasteiger partial charge in [-0.3, -0.25) is 22.4 Å². The topological polar surface area (TPSA) is 84.3 Å². The van der Waals surface area contributed by atoms with Gasteiger partial charge in [0.15, 0.2) is 0 Å². The van der Waals surface area contributed by atoms with E-state index in [1.807, 2.05) is 23.7 Å². The van der Waals surface area contributed by atoms with Gasteiger partial charge in [-0.2, -0.15) is 0 Å². The summed E-state index contributed by atoms with van der Waals surface area (Å²) in [5, 5.41) is 8.29. The summed E-state index contributed by atoms with van der Waals surface area (Å²) in [7, 11) is 0. The van der Waals surface area contributed by atoms with Crippen molar-refractivity contribution in [3.63, 3.8) is 0 Å². The van der Waals surface area contributed by atoms with Crippen LogP contribution < -0.4 is 17.2 Å². The first-order valence-corrected chi connectivity index (χ1v) is 2.72. The molecule has 1 rings (SSSR count). The standard InChI is InChI=1S/C6H7NO.ClH.H4N2/c8-7-6-4-2-1-3-5-6;;1-2/h1-5,7-8H;1H;1-2H2. The average molecular weight is 178 g/mol. The summed E-state index contributed by atoms with van der Waals surface area (Å²) in [4.78, 5) is 0. The predicted octanol–water partition coefficient (Wildman–Crippen LogP) is 0.728. The molecule has 0 amide bonds. The van der Waals surface area contributed by atoms with Gasteiger partial charge in [0, 0.05) is 0 Å². The Balaban J connectivity index is 0. The van der Waals surface area contributed by atoms with Crippen molar-refractivity contribution < 1.29 is 5.21 Å². The summed E-state index contributed by atoms with van der Waals surface area (Å²) in [5.41, 5.74) is 2.74. The van der Waals surface area contributed by atoms with Crippen molar-refractivity contribution in [1.29, 1.82) is 0 Å². The van der Waals surface area contributed by atoms with Crippen molar-refractivity contribution in [1.82, 2.24) is 0 Å². The second-order valence-corrected chi connectivity index (χ2v) is 1.48. The van der Waals surface area contributed by atoms with E-state index in [-0.39, 0.29) is 12.4 Å². The van der Waals surface area contributed by atoms with Gasteiger partial charge in [0.2, 0.25) is 0 Å². The molecule has 64 valence electrons. The summed E-state index contributed by atoms with van der Waals surface area (Å²) < 4.78 is 0. The minimum absolute atomic E-state index is 0. The second kappa shape index (κ2) is 9.19. The zero-order chi connectivity index (χ0) is 7.82. The minimum atomic E-state index is 0. The number of nitrogens with two attached hydrogens (primary N) is 2. The molecule has 0 aromatic heterocycles. The van der Waals surface area contributed by atoms with E-state index in [2.05, 4.69) is 11.7 Å². The van der Waals surface area contributed by atoms with Crippen LogP contribution in [0.25, 0.3) is 0 Å². The van der Waals surface area contributed by atoms with Crippen LogP contribution in [0.3, 0.4) is 0 Å². The number of rotatable bonds is 1. The summed E-state index contributed by atoms with van der Waals surface area (Å²) in [6.07, 6.45) is 0. The highest BCUT2D eigenvalue weighted by atomic mass is 35.5. The van der Waals surface area contributed by atoms with Crippen molar-refractivity contribution in [3.05, 3.63) is 30.3 Å². The molecule has 0 heterocycles. The number of anilines is 1. The molecule has 0 aliphatic heterocycles. The molecule has 1 aromatic rings. The van der Waals surface area contributed by atoms with Crippen LogP contribution >= 0.6 is 12.4 Å². The third-order valence-electron chi connectivity index (χ3n) is 0.903. The number of hydrogen-bond acceptors (Lipinski definition) is 4. The average Bonchev–Trinajstić information content (AvgIpc) is 2.10. The zero-order valence-electron chi connectivity index (χ0n) is 5.90. The van der Waals surface area contributed by atoms with Gasteiger partial charge in [0.25, 0.3) is 0 Å². The van der Waals surface area contributed by atoms with E-state index >= 15 is 0 Å². The van der Waals surface area contributed by atoms with Crippen molar-refractivity contribution in [2.75, 3.05) is 5.48 Å². The van der Waals surface area contributed by atoms with E-state index in [9.17, 15) is 0 Å². The summed E-state index contributed by atoms with van der Waals surface area (Å²) in [6.45, 7) is 0. The van der Waals surface area contributed by atoms with E-state index in [0.29, 0.717) is 5.69 Å². The summed E-state index contributed by atoms with van der Waals surface area (Å²) in [6, 6.07) is 9.14. The Morgan fingerprint density at radius 2 is 1.55 bits per heavy atom. The highest BCUT2D eigenvalue weighted by molar-refractivity contribution is 5.85. The first-order valence-electron chi connectivity index (χ1n) is 2.72. The Kier molecular flexibility index (Phi) is 10.7. The van der Waals surface area contributed by atoms with Crippen molar-refractivity contribution in [3.8, 4) is 0 Å². The molecule has 0 bridgehead atoms. The van der Waals surface area contributed by atoms with Crippen molar-refractivity contribution >= 4 is 18.1 Å². The SMILES string of the molecule is Cl.NN.ONc1ccccc1. The molecule has 0 aliphatic carbocycles. The van der Waals surface area contributed by atoms with E-state index in [1.165, 1.54) is 0 Å². The first kappa shape index (κ1) is 12.8. The van der Waals surface area contributed by atoms with Crippen LogP contribution in [0.4, 0.5) is 5.69 Å². The molecule has 0 unspecified atom stereocenters. The highest BCUT2D eigenvalue weighted by Gasteiger charge is 1.79. The Bertz CT molecular complexity index is 159. The third kappa shape index (κ3) is 5.63. The lowest BCUT2D eigenvalue weighted by Gasteiger charge is -1.92. The second-order valence-electron chi connectivity index (χ2n) is 1.48. The Morgan fingerprint density at radius 3 is 1.82 bits per heavy atom. The Labute approximate surface area is 71.5 Å². The van der Waals surface area contributed by atoms with Crippen LogP contribution in [0.2, 0.25) is 0 Å². The molecule has 0 atom stereocenters. The molecule has 11 heavy (non-hydrogen) atoms. The van der Waals surface area contributed by atoms with Crippen LogP contribution in [0, 0.1) is 0 Å². The summed E-state index contributed by atoms with van der Waals surface area (Å²) >= 11 is 0. The van der Waals surface area contributed by atoms with Gasteiger partial charge in [-0.1, -0.05) is 18.2 Å². The van der Waals surface area contributed by atoms with Crippen LogP contribution in [0.5, 0.6) is 0 Å². The molecule has 0 saturated heterocycles. The van der Waals surface area contributed by atoms with Crippen LogP contribution in [-0.4, -0.2) is 5.21 Å². The number of benzene rings is 1. The minimum Gasteiger partial charge on any atom is -0.291 e. The molecule has 0 radical (unpaired) electrons. The molecule has 1 aromatic carbocycles. The molecule has 5 heteroatoms. The van der Waals surface area contributed by atoms with Crippen LogP contribution in [0.15, 0.2) is 30.3 Å². The van der Waals surface area contributed by atoms with Gasteiger partial charge in [-0.25, -0.2) is 0 Å². The fraction of sp³-hybridized carbons (Fsp3) is 0. The Morgan fingerprint density at radius 1 is 1.09 bits per heavy atom. The van der Waals surface area contributed by atoms with Gasteiger partial charge < -0.3 is 0 Å². The number of para-hydroxylation sites is 1. The van der Waals surface area contributed by atoms with E-state index in [0.717, 1.165) is 0 Å². The maximum absolute atomic E-state index is 8.29. The fourth-order valence-corrected chi connectivity index (χ4v) is 0.513. The Hall–Kier alpha value is -0.810. The van der Waals surface area contributed by atoms with Gasteiger partial charge in [-0.15, -0.1) is 12.4 Å². The summed E-state index contributed by atoms with van der Waals surface area (Å²) in [5.74, 6) is 8.00. The van der Waals surface area contributed by atoms with Gasteiger partial charge >= 0.3 is 0 Å². The predicted molar refractivity (Wildman–Crippen MR) is 47.5 cm³/mol. The molecule has 6 N–H and O–H groups in total. The molecule has 0 fully saturated rings. The maximum atomic E-state index is 8.29. The number of hydrazine groups is 1. The van der Waals surface area contributed by atoms with E-state index in [4.69, 9.17) is 5.21 Å². The lowest BCUT2D eigenvalue weighted by Crippen LogP contribution is -2.02. The normalized spacial score (nSPS) is 6.82. The lowest BCUT2D eigenvalue weighted by molar-refractivity contribution is 0.389. The smallest absolute Gasteiger partial charge is 0.0602 e. The zero-order valence-corrected chi connectivity index (χ0v) is 6.71. The largest absolute Gasteiger partial charge is 0.291 e. The monoisotopic (exact) mass is 177 g/mol. The maximum Gasteiger partial charge on any atom is 0.0602 e. The highest BCUT2D eigenvalue weighted by Crippen LogP contribution is 2.01. The van der Waals surface area contributed by atoms with E-state index < -0.39 is 0 Å². The van der Waals surface area contributed by atoms with Crippen LogP contribution in [0.1, 0.15) is 0 Å². The van der Waals surface area contributed by atoms with Gasteiger partial charge in [0.1, 0.15) is 0 Å². The molecular formula is C6H12ClN3O. The fourth-order valence-electron chi connectivity index (χ4n) is 0.513. The molecule has 0 spiro atoms. The first-order chi connectivity index (χ1) is 4.93. The molecule has 0 saturated carbocycles. The molecular weight excluding hydrogens is 166 g/mol. The number of hydrogen-bond donors (Lipinski definition) is 4. The third-order valence-corrected chi connectivity index (χ3v) is 0.903. The lowest BCUT2D eigenvalue weighted by atomic mass is 10.3. The van der Waals surface area contributed by atoms with Gasteiger partial charge in [-0.05, 0) is 12.1 Å². The number of nitrogens with one attached hydrogen (secondary N) is 1. The van der Waals surface area contributed by atoms with Gasteiger partial charge in [0.05, 0.1) is 5.69 Å². The van der Waals surface area contributed by atoms with Crippen molar-refractivity contribution in [2.45, 2.75) is 0 Å². The van der Waals surface area contributed by atoms with Crippen molar-refractivity contribution in [2.24, 2.45) is 11.7 Å². The number of halogens is 1.